The molecule has 8 heteroatoms. The molecule has 0 aliphatic carbocycles. The van der Waals surface area contributed by atoms with E-state index in [-0.39, 0.29) is 6.61 Å². The van der Waals surface area contributed by atoms with Gasteiger partial charge in [0.2, 0.25) is 5.95 Å². The molecule has 8 nitrogen and oxygen atoms in total. The van der Waals surface area contributed by atoms with Crippen LogP contribution in [-0.4, -0.2) is 57.5 Å². The van der Waals surface area contributed by atoms with Gasteiger partial charge < -0.3 is 25.0 Å². The normalized spacial score (nSPS) is 17.3. The van der Waals surface area contributed by atoms with E-state index in [1.807, 2.05) is 16.8 Å². The van der Waals surface area contributed by atoms with Crippen molar-refractivity contribution in [1.29, 1.82) is 0 Å². The Labute approximate surface area is 134 Å². The molecule has 0 aromatic carbocycles. The molecule has 1 aliphatic heterocycles. The summed E-state index contributed by atoms with van der Waals surface area (Å²) in [5.74, 6) is 1.62. The summed E-state index contributed by atoms with van der Waals surface area (Å²) in [5, 5.41) is 15.3. The van der Waals surface area contributed by atoms with Crippen LogP contribution in [0.4, 0.5) is 11.8 Å². The number of hydrogen-bond acceptors (Lipinski definition) is 7. The molecule has 0 radical (unpaired) electrons. The zero-order chi connectivity index (χ0) is 15.9. The Balaban J connectivity index is 1.67. The third-order valence-electron chi connectivity index (χ3n) is 3.72. The van der Waals surface area contributed by atoms with E-state index in [0.717, 1.165) is 37.6 Å². The van der Waals surface area contributed by atoms with Gasteiger partial charge in [-0.25, -0.2) is 9.97 Å². The molecular weight excluding hydrogens is 296 g/mol. The first-order valence-corrected chi connectivity index (χ1v) is 7.86. The van der Waals surface area contributed by atoms with Crippen LogP contribution in [-0.2, 0) is 11.3 Å². The Hall–Kier alpha value is -2.19. The fraction of sp³-hybridized carbons (Fsp3) is 0.533. The summed E-state index contributed by atoms with van der Waals surface area (Å²) in [6.45, 7) is 3.50. The Bertz CT molecular complexity index is 598. The highest BCUT2D eigenvalue weighted by molar-refractivity contribution is 5.43. The summed E-state index contributed by atoms with van der Waals surface area (Å²) < 4.78 is 7.46. The van der Waals surface area contributed by atoms with Crippen LogP contribution in [0.1, 0.15) is 18.0 Å². The van der Waals surface area contributed by atoms with Crippen molar-refractivity contribution in [2.45, 2.75) is 18.9 Å². The highest BCUT2D eigenvalue weighted by Crippen LogP contribution is 2.25. The molecule has 1 fully saturated rings. The van der Waals surface area contributed by atoms with Crippen molar-refractivity contribution >= 4 is 11.8 Å². The molecule has 0 spiro atoms. The molecule has 1 saturated heterocycles. The average molecular weight is 318 g/mol. The van der Waals surface area contributed by atoms with Crippen molar-refractivity contribution in [2.24, 2.45) is 0 Å². The van der Waals surface area contributed by atoms with Crippen molar-refractivity contribution in [1.82, 2.24) is 19.5 Å². The number of aliphatic hydroxyl groups is 1. The first-order chi connectivity index (χ1) is 11.3. The minimum Gasteiger partial charge on any atom is -0.395 e. The van der Waals surface area contributed by atoms with E-state index in [2.05, 4.69) is 25.6 Å². The molecular formula is C15H22N6O2. The van der Waals surface area contributed by atoms with Gasteiger partial charge in [-0.15, -0.1) is 0 Å². The standard InChI is InChI=1S/C15H22N6O2/c22-7-4-18-15-19-13(12-1-8-23-10-12)9-14(20-15)17-3-6-21-5-2-16-11-21/h2,5,9,11-12,22H,1,3-4,6-8,10H2,(H2,17,18,19,20)/t12-/m1/s1. The molecule has 0 unspecified atom stereocenters. The Morgan fingerprint density at radius 3 is 3.00 bits per heavy atom. The number of ether oxygens (including phenoxy) is 1. The number of hydrogen-bond donors (Lipinski definition) is 3. The van der Waals surface area contributed by atoms with Crippen LogP contribution in [0.25, 0.3) is 0 Å². The van der Waals surface area contributed by atoms with Gasteiger partial charge in [0.1, 0.15) is 5.82 Å². The van der Waals surface area contributed by atoms with E-state index in [1.165, 1.54) is 0 Å². The fourth-order valence-electron chi connectivity index (χ4n) is 2.51. The van der Waals surface area contributed by atoms with E-state index in [0.29, 0.717) is 25.0 Å². The first-order valence-electron chi connectivity index (χ1n) is 7.86. The second-order valence-corrected chi connectivity index (χ2v) is 5.44. The monoisotopic (exact) mass is 318 g/mol. The number of aliphatic hydroxyl groups excluding tert-OH is 1. The largest absolute Gasteiger partial charge is 0.395 e. The van der Waals surface area contributed by atoms with Crippen LogP contribution in [0, 0.1) is 0 Å². The molecule has 2 aromatic rings. The lowest BCUT2D eigenvalue weighted by molar-refractivity contribution is 0.193. The van der Waals surface area contributed by atoms with E-state index in [4.69, 9.17) is 9.84 Å². The fourth-order valence-corrected chi connectivity index (χ4v) is 2.51. The predicted molar refractivity (Wildman–Crippen MR) is 86.5 cm³/mol. The van der Waals surface area contributed by atoms with Crippen molar-refractivity contribution < 1.29 is 9.84 Å². The number of nitrogens with one attached hydrogen (secondary N) is 2. The van der Waals surface area contributed by atoms with Crippen molar-refractivity contribution in [2.75, 3.05) is 43.5 Å². The average Bonchev–Trinajstić information content (AvgIpc) is 3.26. The summed E-state index contributed by atoms with van der Waals surface area (Å²) in [5.41, 5.74) is 0.975. The maximum Gasteiger partial charge on any atom is 0.224 e. The third kappa shape index (κ3) is 4.40. The van der Waals surface area contributed by atoms with Gasteiger partial charge in [-0.3, -0.25) is 0 Å². The van der Waals surface area contributed by atoms with Crippen LogP contribution in [0.3, 0.4) is 0 Å². The topological polar surface area (TPSA) is 97.1 Å². The Kier molecular flexibility index (Phi) is 5.38. The van der Waals surface area contributed by atoms with Gasteiger partial charge in [0.05, 0.1) is 25.2 Å². The van der Waals surface area contributed by atoms with Crippen molar-refractivity contribution in [3.8, 4) is 0 Å². The summed E-state index contributed by atoms with van der Waals surface area (Å²) in [7, 11) is 0. The van der Waals surface area contributed by atoms with Crippen LogP contribution in [0.5, 0.6) is 0 Å². The minimum atomic E-state index is 0.0452. The zero-order valence-corrected chi connectivity index (χ0v) is 13.0. The lowest BCUT2D eigenvalue weighted by atomic mass is 10.0. The van der Waals surface area contributed by atoms with E-state index >= 15 is 0 Å². The van der Waals surface area contributed by atoms with E-state index in [9.17, 15) is 0 Å². The summed E-state index contributed by atoms with van der Waals surface area (Å²) in [6, 6.07) is 1.98. The smallest absolute Gasteiger partial charge is 0.224 e. The maximum atomic E-state index is 8.96. The van der Waals surface area contributed by atoms with E-state index in [1.54, 1.807) is 12.5 Å². The van der Waals surface area contributed by atoms with Gasteiger partial charge >= 0.3 is 0 Å². The Morgan fingerprint density at radius 2 is 2.26 bits per heavy atom. The van der Waals surface area contributed by atoms with Gasteiger partial charge in [0.25, 0.3) is 0 Å². The molecule has 0 bridgehead atoms. The summed E-state index contributed by atoms with van der Waals surface area (Å²) >= 11 is 0. The van der Waals surface area contributed by atoms with Gasteiger partial charge in [-0.05, 0) is 6.42 Å². The summed E-state index contributed by atoms with van der Waals surface area (Å²) in [6.07, 6.45) is 6.46. The number of aromatic nitrogens is 4. The second kappa shape index (κ2) is 7.89. The second-order valence-electron chi connectivity index (χ2n) is 5.44. The van der Waals surface area contributed by atoms with E-state index < -0.39 is 0 Å². The molecule has 1 aliphatic rings. The third-order valence-corrected chi connectivity index (χ3v) is 3.72. The minimum absolute atomic E-state index is 0.0452. The number of imidazole rings is 1. The quantitative estimate of drug-likeness (QED) is 0.659. The highest BCUT2D eigenvalue weighted by Gasteiger charge is 2.20. The lowest BCUT2D eigenvalue weighted by Gasteiger charge is -2.13. The highest BCUT2D eigenvalue weighted by atomic mass is 16.5. The van der Waals surface area contributed by atoms with Crippen LogP contribution in [0.15, 0.2) is 24.8 Å². The molecule has 2 aromatic heterocycles. The van der Waals surface area contributed by atoms with Crippen LogP contribution in [0.2, 0.25) is 0 Å². The number of anilines is 2. The zero-order valence-electron chi connectivity index (χ0n) is 13.0. The molecule has 124 valence electrons. The van der Waals surface area contributed by atoms with Gasteiger partial charge in [-0.1, -0.05) is 0 Å². The Morgan fingerprint density at radius 1 is 1.30 bits per heavy atom. The van der Waals surface area contributed by atoms with Crippen LogP contribution < -0.4 is 10.6 Å². The molecule has 3 rings (SSSR count). The molecule has 3 N–H and O–H groups in total. The van der Waals surface area contributed by atoms with Gasteiger partial charge in [-0.2, -0.15) is 4.98 Å². The van der Waals surface area contributed by atoms with Gasteiger partial charge in [0.15, 0.2) is 0 Å². The van der Waals surface area contributed by atoms with Crippen LogP contribution >= 0.6 is 0 Å². The van der Waals surface area contributed by atoms with Gasteiger partial charge in [0, 0.05) is 50.6 Å². The van der Waals surface area contributed by atoms with Crippen molar-refractivity contribution in [3.63, 3.8) is 0 Å². The number of nitrogens with zero attached hydrogens (tertiary/aromatic N) is 4. The number of rotatable bonds is 8. The summed E-state index contributed by atoms with van der Waals surface area (Å²) in [4.78, 5) is 13.0. The maximum absolute atomic E-state index is 8.96. The first kappa shape index (κ1) is 15.7. The molecule has 3 heterocycles. The lowest BCUT2D eigenvalue weighted by Crippen LogP contribution is -2.15. The molecule has 23 heavy (non-hydrogen) atoms. The predicted octanol–water partition coefficient (Wildman–Crippen LogP) is 0.693. The van der Waals surface area contributed by atoms with Crippen molar-refractivity contribution in [3.05, 3.63) is 30.5 Å². The SMILES string of the molecule is OCCNc1nc(NCCn2ccnc2)cc([C@@H]2CCOC2)n1. The molecule has 0 saturated carbocycles. The molecule has 1 atom stereocenters. The molecule has 0 amide bonds.